The number of hydrogen-bond acceptors (Lipinski definition) is 2. The summed E-state index contributed by atoms with van der Waals surface area (Å²) in [5.74, 6) is 0. The van der Waals surface area contributed by atoms with Gasteiger partial charge in [-0.3, -0.25) is 5.43 Å². The van der Waals surface area contributed by atoms with Gasteiger partial charge in [0.25, 0.3) is 0 Å². The van der Waals surface area contributed by atoms with E-state index in [0.717, 1.165) is 5.69 Å². The fourth-order valence-electron chi connectivity index (χ4n) is 1.32. The summed E-state index contributed by atoms with van der Waals surface area (Å²) in [5, 5.41) is 4.99. The largest absolute Gasteiger partial charge is 0.277 e. The Morgan fingerprint density at radius 1 is 0.941 bits per heavy atom. The Balaban J connectivity index is 2.16. The molecule has 0 aliphatic carbocycles. The molecule has 0 heterocycles. The fourth-order valence-corrected chi connectivity index (χ4v) is 1.80. The minimum absolute atomic E-state index is 0.333. The zero-order chi connectivity index (χ0) is 12.1. The maximum Gasteiger partial charge on any atom is 0.158 e. The lowest BCUT2D eigenvalue weighted by atomic mass is 10.2. The van der Waals surface area contributed by atoms with Crippen LogP contribution in [0.2, 0.25) is 5.02 Å². The zero-order valence-corrected chi connectivity index (χ0v) is 10.4. The molecule has 0 radical (unpaired) electrons. The van der Waals surface area contributed by atoms with Gasteiger partial charge in [-0.15, -0.1) is 0 Å². The monoisotopic (exact) mass is 264 g/mol. The molecule has 0 unspecified atom stereocenters. The normalized spacial score (nSPS) is 11.3. The second-order valence-electron chi connectivity index (χ2n) is 3.36. The second-order valence-corrected chi connectivity index (χ2v) is 4.13. The third-order valence-corrected chi connectivity index (χ3v) is 2.77. The molecule has 17 heavy (non-hydrogen) atoms. The summed E-state index contributed by atoms with van der Waals surface area (Å²) in [6.45, 7) is 0. The third kappa shape index (κ3) is 3.22. The van der Waals surface area contributed by atoms with E-state index < -0.39 is 0 Å². The molecule has 0 bridgehead atoms. The van der Waals surface area contributed by atoms with Crippen LogP contribution in [0.5, 0.6) is 0 Å². The van der Waals surface area contributed by atoms with Crippen molar-refractivity contribution < 1.29 is 0 Å². The first-order chi connectivity index (χ1) is 8.27. The summed E-state index contributed by atoms with van der Waals surface area (Å²) in [7, 11) is 0. The Labute approximate surface area is 110 Å². The molecule has 0 saturated carbocycles. The molecule has 0 spiro atoms. The fraction of sp³-hybridized carbons (Fsp3) is 0. The Hall–Kier alpha value is -1.51. The number of nitrogens with one attached hydrogen (secondary N) is 1. The number of anilines is 1. The molecule has 0 amide bonds. The molecule has 0 saturated heterocycles. The van der Waals surface area contributed by atoms with Gasteiger partial charge in [-0.25, -0.2) is 0 Å². The molecule has 2 aromatic rings. The van der Waals surface area contributed by atoms with Gasteiger partial charge in [-0.05, 0) is 18.2 Å². The predicted molar refractivity (Wildman–Crippen MR) is 73.9 cm³/mol. The Kier molecular flexibility index (Phi) is 4.02. The van der Waals surface area contributed by atoms with Crippen molar-refractivity contribution in [1.82, 2.24) is 0 Å². The summed E-state index contributed by atoms with van der Waals surface area (Å²) >= 11 is 12.1. The molecule has 86 valence electrons. The number of hydrogen-bond donors (Lipinski definition) is 1. The molecule has 2 aromatic carbocycles. The number of nitrogens with zero attached hydrogens (tertiary/aromatic N) is 1. The summed E-state index contributed by atoms with van der Waals surface area (Å²) in [5.41, 5.74) is 4.45. The van der Waals surface area contributed by atoms with Crippen molar-refractivity contribution in [2.75, 3.05) is 5.43 Å². The number of benzene rings is 2. The molecule has 0 aliphatic heterocycles. The minimum atomic E-state index is 0.333. The van der Waals surface area contributed by atoms with Crippen LogP contribution in [0.25, 0.3) is 0 Å². The van der Waals surface area contributed by atoms with Gasteiger partial charge in [0, 0.05) is 5.56 Å². The smallest absolute Gasteiger partial charge is 0.158 e. The second kappa shape index (κ2) is 5.71. The van der Waals surface area contributed by atoms with E-state index in [0.29, 0.717) is 15.8 Å². The molecule has 0 atom stereocenters. The Bertz CT molecular complexity index is 524. The molecular weight excluding hydrogens is 255 g/mol. The standard InChI is InChI=1S/C13H10Cl2N2/c14-12-9-5-4-8-11(12)13(15)17-16-10-6-2-1-3-7-10/h1-9,16H/b17-13-. The predicted octanol–water partition coefficient (Wildman–Crippen LogP) is 4.35. The average Bonchev–Trinajstić information content (AvgIpc) is 2.38. The minimum Gasteiger partial charge on any atom is -0.277 e. The summed E-state index contributed by atoms with van der Waals surface area (Å²) in [6.07, 6.45) is 0. The van der Waals surface area contributed by atoms with E-state index in [1.807, 2.05) is 48.5 Å². The maximum absolute atomic E-state index is 6.06. The van der Waals surface area contributed by atoms with Gasteiger partial charge in [0.05, 0.1) is 10.7 Å². The van der Waals surface area contributed by atoms with Crippen LogP contribution < -0.4 is 5.43 Å². The van der Waals surface area contributed by atoms with E-state index in [1.165, 1.54) is 0 Å². The van der Waals surface area contributed by atoms with Gasteiger partial charge in [0.15, 0.2) is 5.17 Å². The van der Waals surface area contributed by atoms with E-state index in [4.69, 9.17) is 23.2 Å². The highest BCUT2D eigenvalue weighted by molar-refractivity contribution is 6.70. The van der Waals surface area contributed by atoms with Crippen molar-refractivity contribution >= 4 is 34.1 Å². The number of rotatable bonds is 3. The lowest BCUT2D eigenvalue weighted by molar-refractivity contribution is 1.34. The quantitative estimate of drug-likeness (QED) is 0.647. The van der Waals surface area contributed by atoms with Crippen molar-refractivity contribution in [3.8, 4) is 0 Å². The first-order valence-corrected chi connectivity index (χ1v) is 5.82. The highest BCUT2D eigenvalue weighted by Gasteiger charge is 2.04. The van der Waals surface area contributed by atoms with Crippen molar-refractivity contribution in [1.29, 1.82) is 0 Å². The third-order valence-electron chi connectivity index (χ3n) is 2.15. The molecule has 1 N–H and O–H groups in total. The van der Waals surface area contributed by atoms with Crippen LogP contribution in [0.3, 0.4) is 0 Å². The first kappa shape index (κ1) is 12.0. The molecule has 2 rings (SSSR count). The highest BCUT2D eigenvalue weighted by atomic mass is 35.5. The van der Waals surface area contributed by atoms with Crippen LogP contribution in [-0.4, -0.2) is 5.17 Å². The Morgan fingerprint density at radius 3 is 2.29 bits per heavy atom. The molecular formula is C13H10Cl2N2. The lowest BCUT2D eigenvalue weighted by Crippen LogP contribution is -1.97. The molecule has 4 heteroatoms. The lowest BCUT2D eigenvalue weighted by Gasteiger charge is -2.03. The van der Waals surface area contributed by atoms with Crippen LogP contribution in [-0.2, 0) is 0 Å². The van der Waals surface area contributed by atoms with Crippen LogP contribution in [0, 0.1) is 0 Å². The van der Waals surface area contributed by atoms with E-state index in [2.05, 4.69) is 10.5 Å². The van der Waals surface area contributed by atoms with Crippen molar-refractivity contribution in [3.63, 3.8) is 0 Å². The van der Waals surface area contributed by atoms with Crippen molar-refractivity contribution in [2.45, 2.75) is 0 Å². The van der Waals surface area contributed by atoms with Crippen LogP contribution >= 0.6 is 23.2 Å². The highest BCUT2D eigenvalue weighted by Crippen LogP contribution is 2.18. The Morgan fingerprint density at radius 2 is 1.59 bits per heavy atom. The number of para-hydroxylation sites is 1. The van der Waals surface area contributed by atoms with Gasteiger partial charge >= 0.3 is 0 Å². The van der Waals surface area contributed by atoms with Crippen LogP contribution in [0.1, 0.15) is 5.56 Å². The van der Waals surface area contributed by atoms with E-state index in [-0.39, 0.29) is 0 Å². The van der Waals surface area contributed by atoms with Gasteiger partial charge < -0.3 is 0 Å². The van der Waals surface area contributed by atoms with Crippen molar-refractivity contribution in [2.24, 2.45) is 5.10 Å². The molecule has 0 aromatic heterocycles. The molecule has 0 aliphatic rings. The van der Waals surface area contributed by atoms with Crippen LogP contribution in [0.15, 0.2) is 59.7 Å². The summed E-state index contributed by atoms with van der Waals surface area (Å²) in [4.78, 5) is 0. The van der Waals surface area contributed by atoms with E-state index in [1.54, 1.807) is 6.07 Å². The van der Waals surface area contributed by atoms with Gasteiger partial charge in [0.2, 0.25) is 0 Å². The summed E-state index contributed by atoms with van der Waals surface area (Å²) in [6, 6.07) is 16.9. The summed E-state index contributed by atoms with van der Waals surface area (Å²) < 4.78 is 0. The van der Waals surface area contributed by atoms with Gasteiger partial charge in [0.1, 0.15) is 0 Å². The zero-order valence-electron chi connectivity index (χ0n) is 8.90. The topological polar surface area (TPSA) is 24.4 Å². The van der Waals surface area contributed by atoms with E-state index in [9.17, 15) is 0 Å². The van der Waals surface area contributed by atoms with E-state index >= 15 is 0 Å². The molecule has 2 nitrogen and oxygen atoms in total. The van der Waals surface area contributed by atoms with Crippen molar-refractivity contribution in [3.05, 3.63) is 65.2 Å². The SMILES string of the molecule is Cl/C(=N\Nc1ccccc1)c1ccccc1Cl. The molecule has 0 fully saturated rings. The maximum atomic E-state index is 6.06. The first-order valence-electron chi connectivity index (χ1n) is 5.06. The average molecular weight is 265 g/mol. The van der Waals surface area contributed by atoms with Gasteiger partial charge in [-0.1, -0.05) is 59.6 Å². The van der Waals surface area contributed by atoms with Crippen LogP contribution in [0.4, 0.5) is 5.69 Å². The van der Waals surface area contributed by atoms with Gasteiger partial charge in [-0.2, -0.15) is 5.10 Å². The number of halogens is 2. The number of hydrazone groups is 1.